The fraction of sp³-hybridized carbons (Fsp3) is 0.625. The topological polar surface area (TPSA) is 26.3 Å². The third-order valence-electron chi connectivity index (χ3n) is 3.97. The predicted molar refractivity (Wildman–Crippen MR) is 90.2 cm³/mol. The van der Waals surface area contributed by atoms with Gasteiger partial charge in [-0.25, -0.2) is 0 Å². The second kappa shape index (κ2) is 6.54. The van der Waals surface area contributed by atoms with E-state index in [0.717, 1.165) is 4.90 Å². The van der Waals surface area contributed by atoms with Crippen molar-refractivity contribution in [1.82, 2.24) is 0 Å². The highest BCUT2D eigenvalue weighted by atomic mass is 32.2. The maximum Gasteiger partial charge on any atom is 0.192 e. The molecule has 0 bridgehead atoms. The highest BCUT2D eigenvalue weighted by Crippen LogP contribution is 2.37. The highest BCUT2D eigenvalue weighted by Gasteiger charge is 2.38. The summed E-state index contributed by atoms with van der Waals surface area (Å²) >= 11 is 0. The van der Waals surface area contributed by atoms with Crippen molar-refractivity contribution >= 4 is 19.1 Å². The molecule has 0 aromatic heterocycles. The molecule has 0 fully saturated rings. The SMILES string of the molecule is Cc1ccc([S@@](=O)C[C@H](C)O[Si](C)(C)C(C)(C)C)cc1. The molecular weight excluding hydrogens is 284 g/mol. The van der Waals surface area contributed by atoms with Gasteiger partial charge in [-0.1, -0.05) is 38.5 Å². The Kier molecular flexibility index (Phi) is 5.76. The Balaban J connectivity index is 2.65. The van der Waals surface area contributed by atoms with Crippen molar-refractivity contribution in [2.75, 3.05) is 5.75 Å². The average molecular weight is 313 g/mol. The van der Waals surface area contributed by atoms with E-state index < -0.39 is 19.1 Å². The van der Waals surface area contributed by atoms with Crippen LogP contribution in [0, 0.1) is 6.92 Å². The summed E-state index contributed by atoms with van der Waals surface area (Å²) in [5.74, 6) is 0.565. The summed E-state index contributed by atoms with van der Waals surface area (Å²) in [6.45, 7) is 15.2. The maximum absolute atomic E-state index is 12.3. The number of hydrogen-bond acceptors (Lipinski definition) is 2. The zero-order valence-electron chi connectivity index (χ0n) is 13.8. The van der Waals surface area contributed by atoms with E-state index in [1.807, 2.05) is 38.1 Å². The van der Waals surface area contributed by atoms with Crippen molar-refractivity contribution in [3.05, 3.63) is 29.8 Å². The Labute approximate surface area is 127 Å². The van der Waals surface area contributed by atoms with Gasteiger partial charge < -0.3 is 4.43 Å². The molecule has 0 aliphatic rings. The molecule has 4 heteroatoms. The zero-order valence-corrected chi connectivity index (χ0v) is 15.6. The molecule has 1 rings (SSSR count). The normalized spacial score (nSPS) is 15.9. The van der Waals surface area contributed by atoms with Gasteiger partial charge in [-0.15, -0.1) is 0 Å². The van der Waals surface area contributed by atoms with E-state index in [1.54, 1.807) is 0 Å². The van der Waals surface area contributed by atoms with E-state index in [4.69, 9.17) is 4.43 Å². The minimum absolute atomic E-state index is 0.0260. The molecule has 0 aliphatic carbocycles. The van der Waals surface area contributed by atoms with Gasteiger partial charge in [0.15, 0.2) is 8.32 Å². The first kappa shape index (κ1) is 17.6. The molecule has 2 nitrogen and oxygen atoms in total. The second-order valence-corrected chi connectivity index (χ2v) is 13.3. The predicted octanol–water partition coefficient (Wildman–Crippen LogP) is 4.51. The van der Waals surface area contributed by atoms with Crippen molar-refractivity contribution in [1.29, 1.82) is 0 Å². The standard InChI is InChI=1S/C16H28O2SSi/c1-13-8-10-15(11-9-13)19(17)12-14(2)18-20(6,7)16(3,4)5/h8-11,14H,12H2,1-7H3/t14-,19-/m0/s1. The number of rotatable bonds is 5. The van der Waals surface area contributed by atoms with Crippen LogP contribution in [-0.4, -0.2) is 24.4 Å². The van der Waals surface area contributed by atoms with Crippen molar-refractivity contribution in [3.63, 3.8) is 0 Å². The molecule has 0 unspecified atom stereocenters. The molecule has 0 aliphatic heterocycles. The highest BCUT2D eigenvalue weighted by molar-refractivity contribution is 7.85. The molecule has 0 spiro atoms. The smallest absolute Gasteiger partial charge is 0.192 e. The van der Waals surface area contributed by atoms with Crippen molar-refractivity contribution in [3.8, 4) is 0 Å². The van der Waals surface area contributed by atoms with Gasteiger partial charge in [0.05, 0.1) is 22.7 Å². The molecule has 1 aromatic rings. The van der Waals surface area contributed by atoms with Gasteiger partial charge in [-0.3, -0.25) is 4.21 Å². The number of benzene rings is 1. The van der Waals surface area contributed by atoms with Crippen LogP contribution < -0.4 is 0 Å². The summed E-state index contributed by atoms with van der Waals surface area (Å²) in [4.78, 5) is 0.890. The van der Waals surface area contributed by atoms with Crippen LogP contribution >= 0.6 is 0 Å². The summed E-state index contributed by atoms with van der Waals surface area (Å²) in [5.41, 5.74) is 1.19. The molecule has 0 saturated heterocycles. The van der Waals surface area contributed by atoms with Crippen molar-refractivity contribution in [2.45, 2.75) is 63.8 Å². The van der Waals surface area contributed by atoms with Crippen LogP contribution in [0.4, 0.5) is 0 Å². The van der Waals surface area contributed by atoms with Crippen molar-refractivity contribution < 1.29 is 8.63 Å². The minimum Gasteiger partial charge on any atom is -0.413 e. The Bertz CT molecular complexity index is 460. The Morgan fingerprint density at radius 1 is 1.20 bits per heavy atom. The summed E-state index contributed by atoms with van der Waals surface area (Å²) in [7, 11) is -2.77. The summed E-state index contributed by atoms with van der Waals surface area (Å²) in [5, 5.41) is 0.187. The van der Waals surface area contributed by atoms with E-state index in [-0.39, 0.29) is 11.1 Å². The summed E-state index contributed by atoms with van der Waals surface area (Å²) < 4.78 is 18.6. The summed E-state index contributed by atoms with van der Waals surface area (Å²) in [6.07, 6.45) is 0.0260. The first-order valence-corrected chi connectivity index (χ1v) is 11.4. The van der Waals surface area contributed by atoms with Crippen LogP contribution in [0.1, 0.15) is 33.3 Å². The van der Waals surface area contributed by atoms with E-state index >= 15 is 0 Å². The third-order valence-corrected chi connectivity index (χ3v) is 10.1. The fourth-order valence-electron chi connectivity index (χ4n) is 1.71. The van der Waals surface area contributed by atoms with Gasteiger partial charge >= 0.3 is 0 Å². The van der Waals surface area contributed by atoms with E-state index in [9.17, 15) is 4.21 Å². The van der Waals surface area contributed by atoms with Gasteiger partial charge in [0, 0.05) is 4.90 Å². The van der Waals surface area contributed by atoms with Gasteiger partial charge in [0.1, 0.15) is 0 Å². The van der Waals surface area contributed by atoms with Crippen molar-refractivity contribution in [2.24, 2.45) is 0 Å². The lowest BCUT2D eigenvalue weighted by Gasteiger charge is -2.38. The Hall–Kier alpha value is -0.453. The lowest BCUT2D eigenvalue weighted by molar-refractivity contribution is 0.221. The van der Waals surface area contributed by atoms with Crippen LogP contribution in [0.25, 0.3) is 0 Å². The average Bonchev–Trinajstić information content (AvgIpc) is 2.27. The zero-order chi connectivity index (χ0) is 15.6. The van der Waals surface area contributed by atoms with Gasteiger partial charge in [-0.2, -0.15) is 0 Å². The first-order chi connectivity index (χ1) is 9.03. The van der Waals surface area contributed by atoms with Gasteiger partial charge in [0.25, 0.3) is 0 Å². The monoisotopic (exact) mass is 312 g/mol. The Morgan fingerprint density at radius 3 is 2.15 bits per heavy atom. The second-order valence-electron chi connectivity index (χ2n) is 7.01. The third kappa shape index (κ3) is 4.83. The van der Waals surface area contributed by atoms with Crippen LogP contribution in [0.3, 0.4) is 0 Å². The molecule has 114 valence electrons. The van der Waals surface area contributed by atoms with Crippen LogP contribution in [0.15, 0.2) is 29.2 Å². The lowest BCUT2D eigenvalue weighted by Crippen LogP contribution is -2.44. The van der Waals surface area contributed by atoms with E-state index in [2.05, 4.69) is 33.9 Å². The van der Waals surface area contributed by atoms with Crippen LogP contribution in [-0.2, 0) is 15.2 Å². The molecule has 0 N–H and O–H groups in total. The lowest BCUT2D eigenvalue weighted by atomic mass is 10.2. The molecule has 20 heavy (non-hydrogen) atoms. The Morgan fingerprint density at radius 2 is 1.70 bits per heavy atom. The molecule has 1 aromatic carbocycles. The molecular formula is C16H28O2SSi. The van der Waals surface area contributed by atoms with Crippen LogP contribution in [0.5, 0.6) is 0 Å². The van der Waals surface area contributed by atoms with E-state index in [1.165, 1.54) is 5.56 Å². The molecule has 0 heterocycles. The quantitative estimate of drug-likeness (QED) is 0.748. The van der Waals surface area contributed by atoms with Gasteiger partial charge in [0.2, 0.25) is 0 Å². The molecule has 2 atom stereocenters. The molecule has 0 radical (unpaired) electrons. The largest absolute Gasteiger partial charge is 0.413 e. The van der Waals surface area contributed by atoms with Crippen LogP contribution in [0.2, 0.25) is 18.1 Å². The molecule has 0 amide bonds. The first-order valence-electron chi connectivity index (χ1n) is 7.16. The van der Waals surface area contributed by atoms with Gasteiger partial charge in [-0.05, 0) is 44.1 Å². The molecule has 0 saturated carbocycles. The number of hydrogen-bond donors (Lipinski definition) is 0. The number of aryl methyl sites for hydroxylation is 1. The summed E-state index contributed by atoms with van der Waals surface area (Å²) in [6, 6.07) is 7.91. The van der Waals surface area contributed by atoms with E-state index in [0.29, 0.717) is 5.75 Å². The minimum atomic E-state index is -1.78. The fourth-order valence-corrected chi connectivity index (χ4v) is 4.40. The maximum atomic E-state index is 12.3.